The lowest BCUT2D eigenvalue weighted by Gasteiger charge is -2.18. The molecule has 62 heavy (non-hydrogen) atoms. The van der Waals surface area contributed by atoms with Gasteiger partial charge in [-0.15, -0.1) is 0 Å². The van der Waals surface area contributed by atoms with Gasteiger partial charge in [0, 0.05) is 23.5 Å². The van der Waals surface area contributed by atoms with Crippen molar-refractivity contribution in [3.63, 3.8) is 0 Å². The first kappa shape index (κ1) is 57.4. The SMILES string of the molecule is CC(C)CC(N)C(=O)O.CC(OC(=O)C(N)CC(N)=O)C(N)C(=O)O.NC(CC(=O)O)C(=O)O.NC(Cc1c[nH]c2ccccc12)C(=O)O.NC(Cc1ccc(O)cc1)C(=O)O. The number of carboxylic acids is 6. The topological polar surface area (TPSA) is 485 Å². The van der Waals surface area contributed by atoms with Crippen LogP contribution in [0.15, 0.2) is 54.7 Å². The van der Waals surface area contributed by atoms with Crippen molar-refractivity contribution in [2.24, 2.45) is 46.1 Å². The molecule has 24 heteroatoms. The van der Waals surface area contributed by atoms with Gasteiger partial charge in [-0.05, 0) is 55.0 Å². The molecule has 1 amide bonds. The smallest absolute Gasteiger partial charge is 0.324 e. The fourth-order valence-electron chi connectivity index (χ4n) is 4.33. The monoisotopic (exact) mass is 882 g/mol. The zero-order chi connectivity index (χ0) is 48.4. The molecule has 346 valence electrons. The van der Waals surface area contributed by atoms with Gasteiger partial charge in [-0.2, -0.15) is 0 Å². The minimum atomic E-state index is -1.34. The molecule has 0 saturated carbocycles. The number of aromatic amines is 1. The number of amides is 1. The number of carboxylic acid groups (broad SMARTS) is 6. The van der Waals surface area contributed by atoms with Gasteiger partial charge in [0.15, 0.2) is 0 Å². The molecule has 24 nitrogen and oxygen atoms in total. The van der Waals surface area contributed by atoms with E-state index in [4.69, 9.17) is 75.9 Å². The molecule has 22 N–H and O–H groups in total. The molecule has 0 spiro atoms. The average Bonchev–Trinajstić information content (AvgIpc) is 3.57. The summed E-state index contributed by atoms with van der Waals surface area (Å²) in [6, 6.07) is 7.81. The van der Waals surface area contributed by atoms with Crippen LogP contribution in [0.1, 0.15) is 51.2 Å². The van der Waals surface area contributed by atoms with Crippen molar-refractivity contribution < 1.29 is 78.8 Å². The summed E-state index contributed by atoms with van der Waals surface area (Å²) in [5.74, 6) is -7.85. The number of H-pyrrole nitrogens is 1. The van der Waals surface area contributed by atoms with Crippen molar-refractivity contribution in [1.29, 1.82) is 0 Å². The van der Waals surface area contributed by atoms with Gasteiger partial charge in [-0.25, -0.2) is 0 Å². The van der Waals surface area contributed by atoms with Crippen LogP contribution in [0.4, 0.5) is 0 Å². The third-order valence-electron chi connectivity index (χ3n) is 7.71. The molecule has 0 aliphatic rings. The highest BCUT2D eigenvalue weighted by atomic mass is 16.5. The predicted molar refractivity (Wildman–Crippen MR) is 221 cm³/mol. The maximum atomic E-state index is 11.2. The zero-order valence-corrected chi connectivity index (χ0v) is 34.2. The first-order valence-corrected chi connectivity index (χ1v) is 18.3. The van der Waals surface area contributed by atoms with Gasteiger partial charge in [0.05, 0.1) is 12.8 Å². The number of nitrogens with one attached hydrogen (secondary N) is 1. The van der Waals surface area contributed by atoms with Gasteiger partial charge in [-0.1, -0.05) is 44.2 Å². The number of phenols is 1. The third-order valence-corrected chi connectivity index (χ3v) is 7.71. The van der Waals surface area contributed by atoms with Gasteiger partial charge in [0.1, 0.15) is 48.1 Å². The van der Waals surface area contributed by atoms with E-state index in [1.54, 1.807) is 12.1 Å². The standard InChI is InChI=1S/C11H12N2O2.C9H11NO3.C8H15N3O5.C6H13NO2.C4H7NO4/c12-9(11(14)15)5-7-6-13-10-4-2-1-3-8(7)10;10-8(9(12)13)5-6-1-3-7(11)4-2-6;1-3(6(11)7(13)14)16-8(15)4(9)2-5(10)12;1-4(2)3-5(7)6(8)9;5-2(4(8)9)1-3(6)7/h1-4,6,9,13H,5,12H2,(H,14,15);1-4,8,11H,5,10H2,(H,12,13);3-4,6H,2,9,11H2,1H3,(H2,10,12)(H,13,14);4-5H,3,7H2,1-2H3,(H,8,9);2H,1,5H2,(H,6,7)(H,8,9). The molecule has 2 aromatic carbocycles. The number of aromatic nitrogens is 1. The number of ether oxygens (including phenoxy) is 1. The number of aromatic hydroxyl groups is 1. The van der Waals surface area contributed by atoms with E-state index in [9.17, 15) is 38.4 Å². The van der Waals surface area contributed by atoms with Crippen LogP contribution in [0, 0.1) is 5.92 Å². The number of esters is 1. The number of primary amides is 1. The van der Waals surface area contributed by atoms with Gasteiger partial charge < -0.3 is 85.6 Å². The highest BCUT2D eigenvalue weighted by molar-refractivity contribution is 5.85. The number of hydrogen-bond acceptors (Lipinski definition) is 16. The Morgan fingerprint density at radius 3 is 1.50 bits per heavy atom. The van der Waals surface area contributed by atoms with Crippen molar-refractivity contribution in [1.82, 2.24) is 4.98 Å². The lowest BCUT2D eigenvalue weighted by molar-refractivity contribution is -0.155. The van der Waals surface area contributed by atoms with Crippen molar-refractivity contribution in [2.45, 2.75) is 95.2 Å². The Morgan fingerprint density at radius 2 is 1.10 bits per heavy atom. The molecule has 1 heterocycles. The molecule has 0 bridgehead atoms. The maximum Gasteiger partial charge on any atom is 0.324 e. The highest BCUT2D eigenvalue weighted by Crippen LogP contribution is 2.18. The van der Waals surface area contributed by atoms with Crippen molar-refractivity contribution in [3.8, 4) is 5.75 Å². The average molecular weight is 883 g/mol. The number of nitrogens with two attached hydrogens (primary N) is 7. The molecule has 0 radical (unpaired) electrons. The van der Waals surface area contributed by atoms with Crippen LogP contribution in [-0.4, -0.2) is 131 Å². The summed E-state index contributed by atoms with van der Waals surface area (Å²) >= 11 is 0. The molecule has 0 saturated heterocycles. The lowest BCUT2D eigenvalue weighted by Crippen LogP contribution is -2.45. The Labute approximate surface area is 355 Å². The van der Waals surface area contributed by atoms with Crippen molar-refractivity contribution in [2.75, 3.05) is 0 Å². The minimum Gasteiger partial charge on any atom is -0.508 e. The summed E-state index contributed by atoms with van der Waals surface area (Å²) in [5, 5.41) is 60.1. The molecule has 0 fully saturated rings. The van der Waals surface area contributed by atoms with E-state index in [2.05, 4.69) is 9.72 Å². The normalized spacial score (nSPS) is 13.6. The molecule has 7 unspecified atom stereocenters. The summed E-state index contributed by atoms with van der Waals surface area (Å²) in [6.07, 6.45) is 1.05. The number of rotatable bonds is 18. The van der Waals surface area contributed by atoms with E-state index >= 15 is 0 Å². The van der Waals surface area contributed by atoms with Gasteiger partial charge in [0.25, 0.3) is 0 Å². The Hall–Kier alpha value is -6.70. The quantitative estimate of drug-likeness (QED) is 0.0634. The highest BCUT2D eigenvalue weighted by Gasteiger charge is 2.26. The minimum absolute atomic E-state index is 0.160. The van der Waals surface area contributed by atoms with Crippen molar-refractivity contribution in [3.05, 3.63) is 65.9 Å². The first-order valence-electron chi connectivity index (χ1n) is 18.3. The Balaban J connectivity index is 0. The number of fused-ring (bicyclic) bond motifs is 1. The first-order chi connectivity index (χ1) is 28.6. The number of carbonyl (C=O) groups is 8. The maximum absolute atomic E-state index is 11.2. The second kappa shape index (κ2) is 29.5. The number of aliphatic carboxylic acids is 6. The Kier molecular flexibility index (Phi) is 27.3. The van der Waals surface area contributed by atoms with Crippen LogP contribution in [0.5, 0.6) is 5.75 Å². The Morgan fingerprint density at radius 1 is 0.613 bits per heavy atom. The summed E-state index contributed by atoms with van der Waals surface area (Å²) in [7, 11) is 0. The Bertz CT molecular complexity index is 1910. The van der Waals surface area contributed by atoms with Gasteiger partial charge in [-0.3, -0.25) is 38.4 Å². The fraction of sp³-hybridized carbons (Fsp3) is 0.421. The number of benzene rings is 2. The van der Waals surface area contributed by atoms with Gasteiger partial charge in [0.2, 0.25) is 5.91 Å². The van der Waals surface area contributed by atoms with E-state index in [0.29, 0.717) is 18.8 Å². The molecular weight excluding hydrogens is 824 g/mol. The number of hydrogen-bond donors (Lipinski definition) is 15. The number of carbonyl (C=O) groups excluding carboxylic acids is 2. The predicted octanol–water partition coefficient (Wildman–Crippen LogP) is -1.68. The molecule has 7 atom stereocenters. The van der Waals surface area contributed by atoms with Gasteiger partial charge >= 0.3 is 41.8 Å². The summed E-state index contributed by atoms with van der Waals surface area (Å²) < 4.78 is 4.66. The van der Waals surface area contributed by atoms with E-state index in [0.717, 1.165) is 22.0 Å². The fourth-order valence-corrected chi connectivity index (χ4v) is 4.33. The second-order valence-electron chi connectivity index (χ2n) is 13.7. The summed E-state index contributed by atoms with van der Waals surface area (Å²) in [4.78, 5) is 86.0. The molecule has 1 aromatic heterocycles. The van der Waals surface area contributed by atoms with E-state index in [1.165, 1.54) is 19.1 Å². The van der Waals surface area contributed by atoms with Crippen LogP contribution in [0.25, 0.3) is 10.9 Å². The number of para-hydroxylation sites is 1. The number of phenolic OH excluding ortho intramolecular Hbond substituents is 1. The van der Waals surface area contributed by atoms with E-state index < -0.39 is 96.5 Å². The largest absolute Gasteiger partial charge is 0.508 e. The van der Waals surface area contributed by atoms with Crippen molar-refractivity contribution >= 4 is 58.6 Å². The summed E-state index contributed by atoms with van der Waals surface area (Å²) in [6.45, 7) is 5.21. The molecule has 3 aromatic rings. The lowest BCUT2D eigenvalue weighted by atomic mass is 10.1. The second-order valence-corrected chi connectivity index (χ2v) is 13.7. The molecule has 3 rings (SSSR count). The molecular formula is C38H58N8O16. The van der Waals surface area contributed by atoms with Crippen LogP contribution >= 0.6 is 0 Å². The van der Waals surface area contributed by atoms with Crippen LogP contribution < -0.4 is 40.1 Å². The van der Waals surface area contributed by atoms with Crippen LogP contribution in [0.2, 0.25) is 0 Å². The van der Waals surface area contributed by atoms with E-state index in [1.807, 2.05) is 44.3 Å². The van der Waals surface area contributed by atoms with Crippen LogP contribution in [-0.2, 0) is 55.9 Å². The van der Waals surface area contributed by atoms with E-state index in [-0.39, 0.29) is 18.6 Å². The molecule has 0 aliphatic heterocycles. The summed E-state index contributed by atoms with van der Waals surface area (Å²) in [5.41, 5.74) is 38.9. The van der Waals surface area contributed by atoms with Crippen LogP contribution in [0.3, 0.4) is 0 Å². The zero-order valence-electron chi connectivity index (χ0n) is 34.2. The third kappa shape index (κ3) is 25.7. The molecule has 0 aliphatic carbocycles.